The highest BCUT2D eigenvalue weighted by Crippen LogP contribution is 2.27. The largest absolute Gasteiger partial charge is 0.478 e. The van der Waals surface area contributed by atoms with Gasteiger partial charge in [0.15, 0.2) is 5.76 Å². The molecule has 0 atom stereocenters. The maximum atomic E-state index is 11.5. The Hall–Kier alpha value is -2.62. The van der Waals surface area contributed by atoms with Crippen LogP contribution >= 0.6 is 0 Å². The highest BCUT2D eigenvalue weighted by molar-refractivity contribution is 6.04. The molecule has 0 radical (unpaired) electrons. The maximum Gasteiger partial charge on any atom is 0.336 e. The SMILES string of the molecule is Cc1coc(-c2cc(C(=O)O)c3cccc(C)c3n2)c1. The number of benzene rings is 1. The van der Waals surface area contributed by atoms with Gasteiger partial charge in [0.1, 0.15) is 5.69 Å². The van der Waals surface area contributed by atoms with Crippen LogP contribution in [0.4, 0.5) is 0 Å². The fourth-order valence-electron chi connectivity index (χ4n) is 2.26. The Labute approximate surface area is 115 Å². The van der Waals surface area contributed by atoms with E-state index in [0.29, 0.717) is 22.4 Å². The van der Waals surface area contributed by atoms with E-state index < -0.39 is 5.97 Å². The molecule has 3 rings (SSSR count). The minimum atomic E-state index is -0.965. The first-order valence-electron chi connectivity index (χ1n) is 6.25. The Bertz CT molecular complexity index is 818. The number of nitrogens with zero attached hydrogens (tertiary/aromatic N) is 1. The number of carboxylic acid groups (broad SMARTS) is 1. The lowest BCUT2D eigenvalue weighted by Gasteiger charge is -2.07. The average molecular weight is 267 g/mol. The van der Waals surface area contributed by atoms with Crippen molar-refractivity contribution in [2.75, 3.05) is 0 Å². The summed E-state index contributed by atoms with van der Waals surface area (Å²) < 4.78 is 5.42. The van der Waals surface area contributed by atoms with Crippen molar-refractivity contribution >= 4 is 16.9 Å². The van der Waals surface area contributed by atoms with Crippen LogP contribution in [0.25, 0.3) is 22.4 Å². The van der Waals surface area contributed by atoms with Crippen molar-refractivity contribution in [1.29, 1.82) is 0 Å². The van der Waals surface area contributed by atoms with Gasteiger partial charge in [0.25, 0.3) is 0 Å². The number of para-hydroxylation sites is 1. The number of carbonyl (C=O) groups is 1. The molecule has 0 unspecified atom stereocenters. The number of hydrogen-bond donors (Lipinski definition) is 1. The molecule has 0 saturated carbocycles. The third-order valence-electron chi connectivity index (χ3n) is 3.25. The number of rotatable bonds is 2. The fraction of sp³-hybridized carbons (Fsp3) is 0.125. The van der Waals surface area contributed by atoms with E-state index in [-0.39, 0.29) is 5.56 Å². The van der Waals surface area contributed by atoms with E-state index in [4.69, 9.17) is 4.42 Å². The first-order valence-corrected chi connectivity index (χ1v) is 6.25. The number of pyridine rings is 1. The summed E-state index contributed by atoms with van der Waals surface area (Å²) in [4.78, 5) is 16.0. The first-order chi connectivity index (χ1) is 9.56. The van der Waals surface area contributed by atoms with E-state index in [0.717, 1.165) is 11.1 Å². The van der Waals surface area contributed by atoms with Crippen LogP contribution < -0.4 is 0 Å². The summed E-state index contributed by atoms with van der Waals surface area (Å²) >= 11 is 0. The molecule has 2 aromatic heterocycles. The Kier molecular flexibility index (Phi) is 2.79. The molecule has 100 valence electrons. The molecular weight excluding hydrogens is 254 g/mol. The van der Waals surface area contributed by atoms with Crippen LogP contribution in [-0.4, -0.2) is 16.1 Å². The van der Waals surface area contributed by atoms with E-state index in [1.54, 1.807) is 18.4 Å². The van der Waals surface area contributed by atoms with Crippen molar-refractivity contribution in [3.63, 3.8) is 0 Å². The highest BCUT2D eigenvalue weighted by atomic mass is 16.4. The number of aryl methyl sites for hydroxylation is 2. The number of furan rings is 1. The summed E-state index contributed by atoms with van der Waals surface area (Å²) in [6.45, 7) is 3.83. The molecule has 0 amide bonds. The molecule has 0 fully saturated rings. The number of aromatic nitrogens is 1. The number of fused-ring (bicyclic) bond motifs is 1. The lowest BCUT2D eigenvalue weighted by Crippen LogP contribution is -2.00. The van der Waals surface area contributed by atoms with Crippen molar-refractivity contribution in [2.24, 2.45) is 0 Å². The first kappa shape index (κ1) is 12.4. The number of carboxylic acids is 1. The summed E-state index contributed by atoms with van der Waals surface area (Å²) in [5, 5.41) is 10.0. The van der Waals surface area contributed by atoms with Crippen molar-refractivity contribution < 1.29 is 14.3 Å². The second-order valence-electron chi connectivity index (χ2n) is 4.82. The number of aromatic carboxylic acids is 1. The van der Waals surface area contributed by atoms with Gasteiger partial charge in [-0.2, -0.15) is 0 Å². The quantitative estimate of drug-likeness (QED) is 0.766. The van der Waals surface area contributed by atoms with Gasteiger partial charge < -0.3 is 9.52 Å². The Balaban J connectivity index is 2.35. The lowest BCUT2D eigenvalue weighted by atomic mass is 10.0. The molecule has 0 aliphatic heterocycles. The van der Waals surface area contributed by atoms with Gasteiger partial charge >= 0.3 is 5.97 Å². The summed E-state index contributed by atoms with van der Waals surface area (Å²) in [5.41, 5.74) is 3.38. The van der Waals surface area contributed by atoms with Crippen LogP contribution in [0.1, 0.15) is 21.5 Å². The van der Waals surface area contributed by atoms with Gasteiger partial charge in [-0.25, -0.2) is 9.78 Å². The third kappa shape index (κ3) is 1.95. The molecule has 2 heterocycles. The summed E-state index contributed by atoms with van der Waals surface area (Å²) in [5.74, 6) is -0.386. The summed E-state index contributed by atoms with van der Waals surface area (Å²) in [7, 11) is 0. The molecule has 0 saturated heterocycles. The Morgan fingerprint density at radius 2 is 2.05 bits per heavy atom. The van der Waals surface area contributed by atoms with Crippen LogP contribution in [0.3, 0.4) is 0 Å². The van der Waals surface area contributed by atoms with E-state index in [9.17, 15) is 9.90 Å². The van der Waals surface area contributed by atoms with Gasteiger partial charge in [0, 0.05) is 5.39 Å². The zero-order valence-electron chi connectivity index (χ0n) is 11.2. The minimum Gasteiger partial charge on any atom is -0.478 e. The predicted molar refractivity (Wildman–Crippen MR) is 75.9 cm³/mol. The smallest absolute Gasteiger partial charge is 0.336 e. The van der Waals surface area contributed by atoms with E-state index >= 15 is 0 Å². The molecule has 0 bridgehead atoms. The van der Waals surface area contributed by atoms with E-state index in [1.165, 1.54) is 0 Å². The van der Waals surface area contributed by atoms with Crippen LogP contribution in [0.2, 0.25) is 0 Å². The van der Waals surface area contributed by atoms with Crippen LogP contribution in [-0.2, 0) is 0 Å². The van der Waals surface area contributed by atoms with Crippen LogP contribution in [0.5, 0.6) is 0 Å². The third-order valence-corrected chi connectivity index (χ3v) is 3.25. The van der Waals surface area contributed by atoms with Gasteiger partial charge in [0.05, 0.1) is 17.3 Å². The molecule has 1 aromatic carbocycles. The lowest BCUT2D eigenvalue weighted by molar-refractivity contribution is 0.0699. The van der Waals surface area contributed by atoms with E-state index in [2.05, 4.69) is 4.98 Å². The van der Waals surface area contributed by atoms with Crippen molar-refractivity contribution in [3.05, 3.63) is 53.3 Å². The summed E-state index contributed by atoms with van der Waals surface area (Å²) in [6, 6.07) is 8.93. The zero-order chi connectivity index (χ0) is 14.3. The van der Waals surface area contributed by atoms with Gasteiger partial charge in [-0.1, -0.05) is 18.2 Å². The van der Waals surface area contributed by atoms with Crippen molar-refractivity contribution in [1.82, 2.24) is 4.98 Å². The molecule has 4 nitrogen and oxygen atoms in total. The highest BCUT2D eigenvalue weighted by Gasteiger charge is 2.15. The normalized spacial score (nSPS) is 10.9. The van der Waals surface area contributed by atoms with Crippen molar-refractivity contribution in [2.45, 2.75) is 13.8 Å². The fourth-order valence-corrected chi connectivity index (χ4v) is 2.26. The van der Waals surface area contributed by atoms with Gasteiger partial charge in [-0.05, 0) is 37.1 Å². The molecule has 0 aliphatic carbocycles. The molecule has 20 heavy (non-hydrogen) atoms. The van der Waals surface area contributed by atoms with Gasteiger partial charge in [0.2, 0.25) is 0 Å². The molecule has 0 spiro atoms. The van der Waals surface area contributed by atoms with E-state index in [1.807, 2.05) is 32.0 Å². The van der Waals surface area contributed by atoms with Crippen molar-refractivity contribution in [3.8, 4) is 11.5 Å². The monoisotopic (exact) mass is 267 g/mol. The minimum absolute atomic E-state index is 0.239. The Morgan fingerprint density at radius 3 is 2.70 bits per heavy atom. The molecule has 1 N–H and O–H groups in total. The standard InChI is InChI=1S/C16H13NO3/c1-9-6-14(20-8-9)13-7-12(16(18)19)11-5-3-4-10(2)15(11)17-13/h3-8H,1-2H3,(H,18,19). The zero-order valence-corrected chi connectivity index (χ0v) is 11.2. The Morgan fingerprint density at radius 1 is 1.25 bits per heavy atom. The number of hydrogen-bond acceptors (Lipinski definition) is 3. The molecule has 3 aromatic rings. The molecular formula is C16H13NO3. The second kappa shape index (κ2) is 4.49. The summed E-state index contributed by atoms with van der Waals surface area (Å²) in [6.07, 6.45) is 1.62. The maximum absolute atomic E-state index is 11.5. The van der Waals surface area contributed by atoms with Gasteiger partial charge in [-0.3, -0.25) is 0 Å². The molecule has 0 aliphatic rings. The van der Waals surface area contributed by atoms with Crippen LogP contribution in [0.15, 0.2) is 41.0 Å². The average Bonchev–Trinajstić information content (AvgIpc) is 2.85. The second-order valence-corrected chi connectivity index (χ2v) is 4.82. The topological polar surface area (TPSA) is 63.3 Å². The van der Waals surface area contributed by atoms with Gasteiger partial charge in [-0.15, -0.1) is 0 Å². The van der Waals surface area contributed by atoms with Crippen LogP contribution in [0, 0.1) is 13.8 Å². The molecule has 4 heteroatoms. The predicted octanol–water partition coefficient (Wildman–Crippen LogP) is 3.81.